The predicted molar refractivity (Wildman–Crippen MR) is 122 cm³/mol. The van der Waals surface area contributed by atoms with Crippen molar-refractivity contribution < 1.29 is 35.1 Å². The number of hydrogen-bond donors (Lipinski definition) is 2. The quantitative estimate of drug-likeness (QED) is 0.411. The second kappa shape index (κ2) is 12.8. The Hall–Kier alpha value is -2.33. The highest BCUT2D eigenvalue weighted by molar-refractivity contribution is 7.89. The summed E-state index contributed by atoms with van der Waals surface area (Å²) >= 11 is 0. The average molecular weight is 497 g/mol. The van der Waals surface area contributed by atoms with E-state index < -0.39 is 10.0 Å². The summed E-state index contributed by atoms with van der Waals surface area (Å²) in [5.74, 6) is 1.15. The molecular formula is C23H31ClN3O5S-. The number of hydrogen-bond acceptors (Lipinski definition) is 6. The molecule has 1 fully saturated rings. The fourth-order valence-electron chi connectivity index (χ4n) is 3.63. The number of nitrogens with two attached hydrogens (primary N) is 1. The Morgan fingerprint density at radius 2 is 1.70 bits per heavy atom. The maximum atomic E-state index is 12.3. The minimum absolute atomic E-state index is 0. The molecule has 0 aliphatic carbocycles. The van der Waals surface area contributed by atoms with Gasteiger partial charge in [-0.2, -0.15) is 0 Å². The number of carbonyl (C=O) groups excluding carboxylic acids is 1. The summed E-state index contributed by atoms with van der Waals surface area (Å²) in [5.41, 5.74) is 2.05. The number of piperidine rings is 1. The molecule has 8 nitrogen and oxygen atoms in total. The Bertz CT molecular complexity index is 1010. The van der Waals surface area contributed by atoms with Gasteiger partial charge in [0.15, 0.2) is 18.1 Å². The van der Waals surface area contributed by atoms with Crippen LogP contribution in [0.5, 0.6) is 11.5 Å². The average Bonchev–Trinajstić information content (AvgIpc) is 2.81. The molecule has 0 bridgehead atoms. The van der Waals surface area contributed by atoms with Crippen molar-refractivity contribution in [3.05, 3.63) is 53.6 Å². The lowest BCUT2D eigenvalue weighted by molar-refractivity contribution is -0.134. The van der Waals surface area contributed by atoms with Crippen molar-refractivity contribution in [1.29, 1.82) is 0 Å². The Morgan fingerprint density at radius 1 is 1.03 bits per heavy atom. The molecule has 33 heavy (non-hydrogen) atoms. The van der Waals surface area contributed by atoms with Gasteiger partial charge in [-0.05, 0) is 67.6 Å². The summed E-state index contributed by atoms with van der Waals surface area (Å²) in [6.07, 6.45) is 4.04. The van der Waals surface area contributed by atoms with Crippen molar-refractivity contribution in [2.45, 2.75) is 37.1 Å². The zero-order chi connectivity index (χ0) is 23.0. The second-order valence-corrected chi connectivity index (χ2v) is 9.39. The number of carbonyl (C=O) groups is 1. The van der Waals surface area contributed by atoms with Gasteiger partial charge in [0.25, 0.3) is 5.91 Å². The molecule has 3 N–H and O–H groups in total. The van der Waals surface area contributed by atoms with E-state index in [1.165, 1.54) is 18.6 Å². The standard InChI is InChI=1S/C23H31N3O5S.ClH/c1-30-22-15-19(7-10-21(22)31-17-23(27)26-13-3-2-4-14-26)16-25-12-11-18-5-8-20(9-6-18)32(24,28)29;/h5-10,15,25H,2-4,11-14,16-17H2,1H3,(H2,24,28,29);1H/p-1. The lowest BCUT2D eigenvalue weighted by Gasteiger charge is -2.26. The van der Waals surface area contributed by atoms with E-state index in [1.54, 1.807) is 19.2 Å². The fraction of sp³-hybridized carbons (Fsp3) is 0.435. The second-order valence-electron chi connectivity index (χ2n) is 7.83. The van der Waals surface area contributed by atoms with Crippen LogP contribution in [0, 0.1) is 0 Å². The smallest absolute Gasteiger partial charge is 0.260 e. The third-order valence-electron chi connectivity index (χ3n) is 5.46. The van der Waals surface area contributed by atoms with Crippen LogP contribution in [0.2, 0.25) is 0 Å². The van der Waals surface area contributed by atoms with Gasteiger partial charge in [-0.15, -0.1) is 0 Å². The minimum atomic E-state index is -3.66. The first-order chi connectivity index (χ1) is 15.4. The van der Waals surface area contributed by atoms with Crippen LogP contribution in [-0.4, -0.2) is 52.6 Å². The van der Waals surface area contributed by atoms with E-state index in [4.69, 9.17) is 14.6 Å². The monoisotopic (exact) mass is 496 g/mol. The summed E-state index contributed by atoms with van der Waals surface area (Å²) in [4.78, 5) is 14.3. The first-order valence-electron chi connectivity index (χ1n) is 10.8. The molecule has 10 heteroatoms. The Labute approximate surface area is 201 Å². The number of methoxy groups -OCH3 is 1. The Morgan fingerprint density at radius 3 is 2.33 bits per heavy atom. The lowest BCUT2D eigenvalue weighted by Crippen LogP contribution is -3.00. The summed E-state index contributed by atoms with van der Waals surface area (Å²) in [7, 11) is -2.08. The van der Waals surface area contributed by atoms with Crippen molar-refractivity contribution in [1.82, 2.24) is 10.2 Å². The van der Waals surface area contributed by atoms with E-state index in [2.05, 4.69) is 5.32 Å². The Balaban J connectivity index is 0.00000385. The predicted octanol–water partition coefficient (Wildman–Crippen LogP) is -0.930. The summed E-state index contributed by atoms with van der Waals surface area (Å²) in [6.45, 7) is 2.98. The largest absolute Gasteiger partial charge is 1.00 e. The molecule has 2 aromatic rings. The van der Waals surface area contributed by atoms with Crippen LogP contribution in [0.1, 0.15) is 30.4 Å². The van der Waals surface area contributed by atoms with E-state index in [0.717, 1.165) is 50.0 Å². The fourth-order valence-corrected chi connectivity index (χ4v) is 4.14. The lowest BCUT2D eigenvalue weighted by atomic mass is 10.1. The van der Waals surface area contributed by atoms with Crippen LogP contribution in [0.4, 0.5) is 0 Å². The third-order valence-corrected chi connectivity index (χ3v) is 6.39. The highest BCUT2D eigenvalue weighted by Gasteiger charge is 2.17. The van der Waals surface area contributed by atoms with Crippen molar-refractivity contribution >= 4 is 15.9 Å². The number of sulfonamides is 1. The summed E-state index contributed by atoms with van der Waals surface area (Å²) < 4.78 is 33.8. The molecule has 0 saturated carbocycles. The topological polar surface area (TPSA) is 111 Å². The molecule has 0 unspecified atom stereocenters. The minimum Gasteiger partial charge on any atom is -1.00 e. The molecule has 3 rings (SSSR count). The van der Waals surface area contributed by atoms with Crippen LogP contribution >= 0.6 is 0 Å². The third kappa shape index (κ3) is 8.19. The molecule has 1 amide bonds. The number of ether oxygens (including phenoxy) is 2. The molecule has 0 radical (unpaired) electrons. The number of amides is 1. The number of nitrogens with one attached hydrogen (secondary N) is 1. The molecule has 2 aromatic carbocycles. The molecule has 0 aromatic heterocycles. The van der Waals surface area contributed by atoms with E-state index in [1.807, 2.05) is 23.1 Å². The van der Waals surface area contributed by atoms with E-state index in [0.29, 0.717) is 18.0 Å². The summed E-state index contributed by atoms with van der Waals surface area (Å²) in [5, 5.41) is 8.48. The van der Waals surface area contributed by atoms with Gasteiger partial charge >= 0.3 is 0 Å². The van der Waals surface area contributed by atoms with Gasteiger partial charge < -0.3 is 32.1 Å². The van der Waals surface area contributed by atoms with Crippen LogP contribution in [0.15, 0.2) is 47.4 Å². The van der Waals surface area contributed by atoms with E-state index in [-0.39, 0.29) is 29.8 Å². The number of likely N-dealkylation sites (tertiary alicyclic amines) is 1. The highest BCUT2D eigenvalue weighted by Crippen LogP contribution is 2.28. The zero-order valence-electron chi connectivity index (χ0n) is 18.8. The molecule has 0 spiro atoms. The maximum absolute atomic E-state index is 12.3. The van der Waals surface area contributed by atoms with E-state index in [9.17, 15) is 13.2 Å². The van der Waals surface area contributed by atoms with Crippen molar-refractivity contribution in [2.75, 3.05) is 33.4 Å². The number of nitrogens with zero attached hydrogens (tertiary/aromatic N) is 1. The van der Waals surface area contributed by atoms with Crippen LogP contribution in [0.3, 0.4) is 0 Å². The maximum Gasteiger partial charge on any atom is 0.260 e. The van der Waals surface area contributed by atoms with Gasteiger partial charge in [0.05, 0.1) is 12.0 Å². The molecule has 1 heterocycles. The Kier molecular flexibility index (Phi) is 10.4. The van der Waals surface area contributed by atoms with Gasteiger partial charge in [0, 0.05) is 19.6 Å². The molecular weight excluding hydrogens is 466 g/mol. The van der Waals surface area contributed by atoms with Gasteiger partial charge in [0.2, 0.25) is 10.0 Å². The molecule has 1 aliphatic rings. The van der Waals surface area contributed by atoms with Gasteiger partial charge in [-0.25, -0.2) is 13.6 Å². The first-order valence-corrected chi connectivity index (χ1v) is 12.3. The number of benzene rings is 2. The van der Waals surface area contributed by atoms with Gasteiger partial charge in [0.1, 0.15) is 0 Å². The summed E-state index contributed by atoms with van der Waals surface area (Å²) in [6, 6.07) is 12.2. The highest BCUT2D eigenvalue weighted by atomic mass is 35.5. The van der Waals surface area contributed by atoms with E-state index >= 15 is 0 Å². The molecule has 1 saturated heterocycles. The van der Waals surface area contributed by atoms with Crippen LogP contribution < -0.4 is 32.3 Å². The van der Waals surface area contributed by atoms with Gasteiger partial charge in [-0.1, -0.05) is 18.2 Å². The van der Waals surface area contributed by atoms with Crippen LogP contribution in [0.25, 0.3) is 0 Å². The molecule has 182 valence electrons. The number of halogens is 1. The van der Waals surface area contributed by atoms with Gasteiger partial charge in [-0.3, -0.25) is 4.79 Å². The molecule has 1 aliphatic heterocycles. The normalized spacial score (nSPS) is 13.8. The zero-order valence-corrected chi connectivity index (χ0v) is 20.3. The number of rotatable bonds is 10. The van der Waals surface area contributed by atoms with Crippen LogP contribution in [-0.2, 0) is 27.8 Å². The van der Waals surface area contributed by atoms with Crippen molar-refractivity contribution in [3.8, 4) is 11.5 Å². The SMILES string of the molecule is COc1cc(CNCCc2ccc(S(N)(=O)=O)cc2)ccc1OCC(=O)N1CCCCC1.[Cl-]. The van der Waals surface area contributed by atoms with Crippen molar-refractivity contribution in [3.63, 3.8) is 0 Å². The number of primary sulfonamides is 1. The first kappa shape index (κ1) is 26.9. The molecule has 0 atom stereocenters. The van der Waals surface area contributed by atoms with Crippen molar-refractivity contribution in [2.24, 2.45) is 5.14 Å².